The van der Waals surface area contributed by atoms with E-state index in [1.807, 2.05) is 0 Å². The van der Waals surface area contributed by atoms with Crippen LogP contribution in [-0.2, 0) is 77.4 Å². The van der Waals surface area contributed by atoms with Crippen molar-refractivity contribution in [3.63, 3.8) is 0 Å². The van der Waals surface area contributed by atoms with Gasteiger partial charge in [0.05, 0.1) is 0 Å². The second kappa shape index (κ2) is 16.0. The van der Waals surface area contributed by atoms with Crippen LogP contribution in [0.25, 0.3) is 0 Å². The standard InChI is InChI=1S/C31H41N3.3CHO.Mo/c1-29(2,3)20-12-23-10-11-24-13-21(30(4,5)6)15-26(33-24)19-28-17-22(31(7,8)9)16-27(34-28)18-25(14-20)32-23;3*1-2;/h12-17H,10-11,18-19H2,1-9H3;3*1H;/q;3*-1;+3. The van der Waals surface area contributed by atoms with Gasteiger partial charge in [-0.2, -0.15) is 0 Å². The second-order valence-corrected chi connectivity index (χ2v) is 13.1. The van der Waals surface area contributed by atoms with Crippen LogP contribution >= 0.6 is 0 Å². The first-order valence-corrected chi connectivity index (χ1v) is 13.4. The van der Waals surface area contributed by atoms with E-state index in [0.29, 0.717) is 0 Å². The smallest absolute Gasteiger partial charge is 0.545 e. The van der Waals surface area contributed by atoms with Crippen molar-refractivity contribution in [2.75, 3.05) is 0 Å². The van der Waals surface area contributed by atoms with Gasteiger partial charge in [-0.25, -0.2) is 0 Å². The maximum atomic E-state index is 7.75. The van der Waals surface area contributed by atoms with E-state index < -0.39 is 0 Å². The third-order valence-electron chi connectivity index (χ3n) is 6.75. The third-order valence-corrected chi connectivity index (χ3v) is 6.75. The summed E-state index contributed by atoms with van der Waals surface area (Å²) in [6.07, 6.45) is 3.31. The van der Waals surface area contributed by atoms with E-state index in [0.717, 1.165) is 59.8 Å². The van der Waals surface area contributed by atoms with Gasteiger partial charge in [0.2, 0.25) is 0 Å². The molecule has 0 atom stereocenters. The molecule has 4 heterocycles. The Kier molecular flexibility index (Phi) is 14.9. The van der Waals surface area contributed by atoms with Gasteiger partial charge in [0.25, 0.3) is 0 Å². The van der Waals surface area contributed by atoms with Gasteiger partial charge in [-0.1, -0.05) is 62.3 Å². The fourth-order valence-electron chi connectivity index (χ4n) is 4.49. The van der Waals surface area contributed by atoms with Gasteiger partial charge in [-0.05, 0) is 82.2 Å². The van der Waals surface area contributed by atoms with E-state index in [-0.39, 0.29) is 37.3 Å². The molecule has 219 valence electrons. The molecule has 1 aliphatic rings. The number of aryl methyl sites for hydroxylation is 2. The monoisotopic (exact) mass is 640 g/mol. The number of pyridine rings is 3. The van der Waals surface area contributed by atoms with Crippen LogP contribution in [0.1, 0.15) is 113 Å². The number of carbonyl (C=O) groups excluding carboxylic acids is 3. The predicted molar refractivity (Wildman–Crippen MR) is 162 cm³/mol. The fraction of sp³-hybridized carbons (Fsp3) is 0.471. The van der Waals surface area contributed by atoms with Crippen molar-refractivity contribution >= 4 is 20.4 Å². The summed E-state index contributed by atoms with van der Waals surface area (Å²) in [6.45, 7) is 30.2. The fourth-order valence-corrected chi connectivity index (χ4v) is 4.49. The quantitative estimate of drug-likeness (QED) is 0.165. The maximum absolute atomic E-state index is 7.75. The van der Waals surface area contributed by atoms with E-state index in [1.54, 1.807) is 0 Å². The Balaban J connectivity index is 0.00000215. The molecule has 1 radical (unpaired) electrons. The summed E-state index contributed by atoms with van der Waals surface area (Å²) in [6, 6.07) is 13.7. The maximum Gasteiger partial charge on any atom is 3.00 e. The largest absolute Gasteiger partial charge is 3.00 e. The third kappa shape index (κ3) is 11.2. The van der Waals surface area contributed by atoms with Crippen LogP contribution in [0.3, 0.4) is 0 Å². The van der Waals surface area contributed by atoms with Gasteiger partial charge in [0.15, 0.2) is 0 Å². The van der Waals surface area contributed by atoms with Crippen molar-refractivity contribution in [3.8, 4) is 0 Å². The van der Waals surface area contributed by atoms with Crippen LogP contribution in [0.5, 0.6) is 0 Å². The van der Waals surface area contributed by atoms with Crippen molar-refractivity contribution in [2.45, 2.75) is 104 Å². The minimum absolute atomic E-state index is 0. The molecule has 0 aromatic carbocycles. The van der Waals surface area contributed by atoms with E-state index in [2.05, 4.69) is 119 Å². The van der Waals surface area contributed by atoms with Crippen molar-refractivity contribution in [1.82, 2.24) is 15.0 Å². The summed E-state index contributed by atoms with van der Waals surface area (Å²) in [4.78, 5) is 38.6. The molecule has 41 heavy (non-hydrogen) atoms. The number of aromatic nitrogens is 3. The summed E-state index contributed by atoms with van der Waals surface area (Å²) in [5.74, 6) is 0. The Morgan fingerprint density at radius 3 is 0.854 bits per heavy atom. The number of nitrogens with zero attached hydrogens (tertiary/aromatic N) is 3. The molecule has 4 rings (SSSR count). The van der Waals surface area contributed by atoms with Crippen LogP contribution in [0, 0.1) is 0 Å². The van der Waals surface area contributed by atoms with E-state index in [1.165, 1.54) is 16.7 Å². The molecule has 7 heteroatoms. The summed E-state index contributed by atoms with van der Waals surface area (Å²) in [5.41, 5.74) is 10.9. The first-order chi connectivity index (χ1) is 18.7. The Labute approximate surface area is 261 Å². The molecule has 0 fully saturated rings. The molecule has 6 bridgehead atoms. The van der Waals surface area contributed by atoms with Crippen molar-refractivity contribution < 1.29 is 35.4 Å². The van der Waals surface area contributed by atoms with Gasteiger partial charge in [0, 0.05) is 47.0 Å². The first kappa shape index (κ1) is 38.1. The molecule has 0 saturated heterocycles. The zero-order valence-electron chi connectivity index (χ0n) is 26.0. The Morgan fingerprint density at radius 1 is 0.439 bits per heavy atom. The van der Waals surface area contributed by atoms with Gasteiger partial charge < -0.3 is 14.4 Å². The number of hydrogen-bond donors (Lipinski definition) is 0. The van der Waals surface area contributed by atoms with E-state index >= 15 is 0 Å². The molecular formula is C34H44MoN3O3. The summed E-state index contributed by atoms with van der Waals surface area (Å²) in [5, 5.41) is 0. The predicted octanol–water partition coefficient (Wildman–Crippen LogP) is 6.22. The second-order valence-electron chi connectivity index (χ2n) is 13.1. The van der Waals surface area contributed by atoms with Gasteiger partial charge >= 0.3 is 21.1 Å². The first-order valence-electron chi connectivity index (χ1n) is 13.4. The summed E-state index contributed by atoms with van der Waals surface area (Å²) in [7, 11) is 0. The van der Waals surface area contributed by atoms with Crippen LogP contribution in [0.2, 0.25) is 0 Å². The molecule has 0 aliphatic carbocycles. The minimum Gasteiger partial charge on any atom is -0.545 e. The van der Waals surface area contributed by atoms with Gasteiger partial charge in [0.1, 0.15) is 0 Å². The molecule has 3 aromatic rings. The molecule has 0 spiro atoms. The topological polar surface area (TPSA) is 89.9 Å². The SMILES string of the molecule is CC(C)(C)c1cc2nc(c1)Cc1cc(C(C)(C)C)cc(n1)Cc1cc(C(C)(C)C)cc(n1)CC2.[CH-]=O.[CH-]=O.[CH-]=O.[Mo+3]. The summed E-state index contributed by atoms with van der Waals surface area (Å²) >= 11 is 0. The average molecular weight is 639 g/mol. The minimum atomic E-state index is 0. The number of hydrogen-bond acceptors (Lipinski definition) is 6. The van der Waals surface area contributed by atoms with Crippen molar-refractivity contribution in [2.24, 2.45) is 0 Å². The molecule has 0 saturated carbocycles. The van der Waals surface area contributed by atoms with Crippen LogP contribution in [0.15, 0.2) is 36.4 Å². The van der Waals surface area contributed by atoms with Crippen LogP contribution in [-0.4, -0.2) is 35.3 Å². The molecule has 6 nitrogen and oxygen atoms in total. The molecule has 0 amide bonds. The van der Waals surface area contributed by atoms with Gasteiger partial charge in [-0.3, -0.25) is 35.3 Å². The summed E-state index contributed by atoms with van der Waals surface area (Å²) < 4.78 is 0. The van der Waals surface area contributed by atoms with Crippen molar-refractivity contribution in [1.29, 1.82) is 0 Å². The molecule has 3 aromatic heterocycles. The Bertz CT molecular complexity index is 1180. The zero-order valence-corrected chi connectivity index (χ0v) is 28.0. The average Bonchev–Trinajstić information content (AvgIpc) is 2.89. The Morgan fingerprint density at radius 2 is 0.634 bits per heavy atom. The van der Waals surface area contributed by atoms with Gasteiger partial charge in [-0.15, -0.1) is 0 Å². The van der Waals surface area contributed by atoms with E-state index in [4.69, 9.17) is 29.3 Å². The normalized spacial score (nSPS) is 12.5. The Hall–Kier alpha value is -2.85. The van der Waals surface area contributed by atoms with Crippen molar-refractivity contribution in [3.05, 3.63) is 87.3 Å². The van der Waals surface area contributed by atoms with E-state index in [9.17, 15) is 0 Å². The molecular weight excluding hydrogens is 594 g/mol. The molecule has 0 N–H and O–H groups in total. The van der Waals surface area contributed by atoms with Crippen LogP contribution < -0.4 is 0 Å². The zero-order chi connectivity index (χ0) is 30.9. The number of fused-ring (bicyclic) bond motifs is 6. The molecule has 0 unspecified atom stereocenters. The van der Waals surface area contributed by atoms with Crippen LogP contribution in [0.4, 0.5) is 0 Å². The number of rotatable bonds is 0. The molecule has 1 aliphatic heterocycles.